The molecule has 0 saturated carbocycles. The minimum atomic E-state index is -3.72. The van der Waals surface area contributed by atoms with Gasteiger partial charge in [0, 0.05) is 24.2 Å². The second-order valence-corrected chi connectivity index (χ2v) is 10.7. The Kier molecular flexibility index (Phi) is 7.69. The zero-order valence-electron chi connectivity index (χ0n) is 20.0. The molecule has 1 N–H and O–H groups in total. The summed E-state index contributed by atoms with van der Waals surface area (Å²) in [5.74, 6) is -1.04. The van der Waals surface area contributed by atoms with Gasteiger partial charge < -0.3 is 10.2 Å². The summed E-state index contributed by atoms with van der Waals surface area (Å²) < 4.78 is 40.1. The summed E-state index contributed by atoms with van der Waals surface area (Å²) in [6.45, 7) is 1.22. The summed E-state index contributed by atoms with van der Waals surface area (Å²) >= 11 is 0. The van der Waals surface area contributed by atoms with Crippen LogP contribution in [0.15, 0.2) is 72.8 Å². The maximum Gasteiger partial charge on any atom is 0.255 e. The molecule has 3 aromatic rings. The molecule has 0 unspecified atom stereocenters. The average Bonchev–Trinajstić information content (AvgIpc) is 2.88. The molecule has 1 aliphatic heterocycles. The monoisotopic (exact) mass is 509 g/mol. The first-order valence-corrected chi connectivity index (χ1v) is 13.6. The molecule has 7 nitrogen and oxygen atoms in total. The molecular formula is C27H28FN3O4S. The van der Waals surface area contributed by atoms with E-state index in [0.717, 1.165) is 29.8 Å². The van der Waals surface area contributed by atoms with Crippen LogP contribution in [0.2, 0.25) is 0 Å². The van der Waals surface area contributed by atoms with E-state index >= 15 is 0 Å². The highest BCUT2D eigenvalue weighted by atomic mass is 32.2. The van der Waals surface area contributed by atoms with E-state index in [0.29, 0.717) is 35.6 Å². The van der Waals surface area contributed by atoms with Crippen LogP contribution in [0.4, 0.5) is 15.8 Å². The molecule has 188 valence electrons. The Morgan fingerprint density at radius 1 is 0.917 bits per heavy atom. The number of hydrogen-bond donors (Lipinski definition) is 1. The number of nitrogens with zero attached hydrogens (tertiary/aromatic N) is 2. The van der Waals surface area contributed by atoms with Gasteiger partial charge in [-0.1, -0.05) is 30.3 Å². The van der Waals surface area contributed by atoms with E-state index in [-0.39, 0.29) is 18.0 Å². The van der Waals surface area contributed by atoms with Crippen molar-refractivity contribution in [3.63, 3.8) is 0 Å². The van der Waals surface area contributed by atoms with Gasteiger partial charge in [-0.25, -0.2) is 12.8 Å². The number of anilines is 2. The minimum absolute atomic E-state index is 0.113. The van der Waals surface area contributed by atoms with Crippen LogP contribution in [0.3, 0.4) is 0 Å². The normalized spacial score (nSPS) is 13.8. The lowest BCUT2D eigenvalue weighted by Crippen LogP contribution is -2.36. The number of nitrogens with one attached hydrogen (secondary N) is 1. The third-order valence-corrected chi connectivity index (χ3v) is 7.28. The highest BCUT2D eigenvalue weighted by molar-refractivity contribution is 7.92. The molecule has 0 spiro atoms. The van der Waals surface area contributed by atoms with E-state index in [9.17, 15) is 22.4 Å². The fourth-order valence-corrected chi connectivity index (χ4v) is 5.08. The molecule has 2 amide bonds. The third-order valence-electron chi connectivity index (χ3n) is 6.14. The van der Waals surface area contributed by atoms with E-state index in [4.69, 9.17) is 0 Å². The number of sulfonamides is 1. The van der Waals surface area contributed by atoms with Crippen molar-refractivity contribution < 1.29 is 22.4 Å². The van der Waals surface area contributed by atoms with Crippen molar-refractivity contribution in [1.29, 1.82) is 0 Å². The zero-order chi connectivity index (χ0) is 25.7. The largest absolute Gasteiger partial charge is 0.339 e. The summed E-state index contributed by atoms with van der Waals surface area (Å²) in [4.78, 5) is 27.8. The van der Waals surface area contributed by atoms with Gasteiger partial charge in [0.2, 0.25) is 10.0 Å². The highest BCUT2D eigenvalue weighted by Crippen LogP contribution is 2.24. The number of carbonyl (C=O) groups is 2. The third kappa shape index (κ3) is 5.91. The number of para-hydroxylation sites is 1. The van der Waals surface area contributed by atoms with Crippen molar-refractivity contribution in [3.05, 3.63) is 95.3 Å². The number of amides is 2. The van der Waals surface area contributed by atoms with Crippen LogP contribution >= 0.6 is 0 Å². The minimum Gasteiger partial charge on any atom is -0.339 e. The molecule has 9 heteroatoms. The molecule has 1 heterocycles. The predicted octanol–water partition coefficient (Wildman–Crippen LogP) is 4.67. The van der Waals surface area contributed by atoms with Gasteiger partial charge in [0.25, 0.3) is 11.8 Å². The topological polar surface area (TPSA) is 86.8 Å². The van der Waals surface area contributed by atoms with Gasteiger partial charge in [-0.15, -0.1) is 0 Å². The predicted molar refractivity (Wildman–Crippen MR) is 138 cm³/mol. The molecule has 36 heavy (non-hydrogen) atoms. The molecule has 0 bridgehead atoms. The maximum absolute atomic E-state index is 14.1. The summed E-state index contributed by atoms with van der Waals surface area (Å²) in [7, 11) is -3.72. The average molecular weight is 510 g/mol. The van der Waals surface area contributed by atoms with Crippen molar-refractivity contribution in [1.82, 2.24) is 4.90 Å². The van der Waals surface area contributed by atoms with E-state index in [2.05, 4.69) is 5.32 Å². The number of hydrogen-bond acceptors (Lipinski definition) is 4. The Hall–Kier alpha value is -3.72. The number of halogens is 1. The summed E-state index contributed by atoms with van der Waals surface area (Å²) in [6.07, 6.45) is 4.09. The fourth-order valence-electron chi connectivity index (χ4n) is 4.20. The van der Waals surface area contributed by atoms with Crippen molar-refractivity contribution in [2.75, 3.05) is 29.0 Å². The second kappa shape index (κ2) is 10.9. The maximum atomic E-state index is 14.1. The molecular weight excluding hydrogens is 481 g/mol. The molecule has 1 fully saturated rings. The van der Waals surface area contributed by atoms with Crippen LogP contribution in [0, 0.1) is 5.82 Å². The lowest BCUT2D eigenvalue weighted by Gasteiger charge is -2.27. The summed E-state index contributed by atoms with van der Waals surface area (Å²) in [6, 6.07) is 18.9. The first kappa shape index (κ1) is 25.4. The number of likely N-dealkylation sites (tertiary alicyclic amines) is 1. The van der Waals surface area contributed by atoms with Crippen LogP contribution in [0.5, 0.6) is 0 Å². The quantitative estimate of drug-likeness (QED) is 0.502. The lowest BCUT2D eigenvalue weighted by molar-refractivity contribution is 0.0725. The molecule has 0 aliphatic carbocycles. The van der Waals surface area contributed by atoms with Crippen LogP contribution in [0.25, 0.3) is 0 Å². The van der Waals surface area contributed by atoms with Crippen molar-refractivity contribution in [2.45, 2.75) is 25.8 Å². The van der Waals surface area contributed by atoms with Crippen molar-refractivity contribution >= 4 is 33.2 Å². The molecule has 0 atom stereocenters. The molecule has 3 aromatic carbocycles. The Labute approximate surface area is 210 Å². The van der Waals surface area contributed by atoms with Gasteiger partial charge >= 0.3 is 0 Å². The molecule has 1 aliphatic rings. The van der Waals surface area contributed by atoms with E-state index < -0.39 is 21.7 Å². The van der Waals surface area contributed by atoms with Crippen molar-refractivity contribution in [3.8, 4) is 0 Å². The molecule has 0 radical (unpaired) electrons. The molecule has 1 saturated heterocycles. The number of piperidine rings is 1. The SMILES string of the molecule is CS(=O)(=O)N(Cc1ccccc1F)c1ccc(C(=O)Nc2ccccc2C(=O)N2CCCCC2)cc1. The van der Waals surface area contributed by atoms with Crippen LogP contribution < -0.4 is 9.62 Å². The summed E-state index contributed by atoms with van der Waals surface area (Å²) in [5.41, 5.74) is 1.67. The second-order valence-electron chi connectivity index (χ2n) is 8.76. The van der Waals surface area contributed by atoms with Crippen LogP contribution in [-0.4, -0.2) is 44.5 Å². The lowest BCUT2D eigenvalue weighted by atomic mass is 10.1. The first-order valence-electron chi connectivity index (χ1n) is 11.7. The van der Waals surface area contributed by atoms with Gasteiger partial charge in [-0.05, 0) is 61.7 Å². The van der Waals surface area contributed by atoms with E-state index in [1.807, 2.05) is 0 Å². The smallest absolute Gasteiger partial charge is 0.255 e. The van der Waals surface area contributed by atoms with Gasteiger partial charge in [-0.2, -0.15) is 0 Å². The summed E-state index contributed by atoms with van der Waals surface area (Å²) in [5, 5.41) is 2.81. The number of carbonyl (C=O) groups excluding carboxylic acids is 2. The van der Waals surface area contributed by atoms with Gasteiger partial charge in [-0.3, -0.25) is 13.9 Å². The van der Waals surface area contributed by atoms with E-state index in [1.165, 1.54) is 42.5 Å². The standard InChI is InChI=1S/C27H28FN3O4S/c1-36(34,35)31(19-21-9-3-5-11-24(21)28)22-15-13-20(14-16-22)26(32)29-25-12-6-4-10-23(25)27(33)30-17-7-2-8-18-30/h3-6,9-16H,2,7-8,17-19H2,1H3,(H,29,32). The Morgan fingerprint density at radius 3 is 2.22 bits per heavy atom. The van der Waals surface area contributed by atoms with E-state index in [1.54, 1.807) is 35.2 Å². The Morgan fingerprint density at radius 2 is 1.56 bits per heavy atom. The number of rotatable bonds is 7. The van der Waals surface area contributed by atoms with Gasteiger partial charge in [0.1, 0.15) is 5.82 Å². The molecule has 4 rings (SSSR count). The fraction of sp³-hybridized carbons (Fsp3) is 0.259. The zero-order valence-corrected chi connectivity index (χ0v) is 20.8. The Balaban J connectivity index is 1.52. The van der Waals surface area contributed by atoms with Crippen molar-refractivity contribution in [2.24, 2.45) is 0 Å². The highest BCUT2D eigenvalue weighted by Gasteiger charge is 2.22. The Bertz CT molecular complexity index is 1350. The number of benzene rings is 3. The first-order chi connectivity index (χ1) is 17.2. The van der Waals surface area contributed by atoms with Crippen LogP contribution in [-0.2, 0) is 16.6 Å². The van der Waals surface area contributed by atoms with Gasteiger partial charge in [0.15, 0.2) is 0 Å². The van der Waals surface area contributed by atoms with Crippen LogP contribution in [0.1, 0.15) is 45.5 Å². The van der Waals surface area contributed by atoms with Gasteiger partial charge in [0.05, 0.1) is 29.7 Å². The molecule has 0 aromatic heterocycles.